The molecule has 2 aromatic heterocycles. The van der Waals surface area contributed by atoms with Gasteiger partial charge in [-0.1, -0.05) is 24.1 Å². The molecule has 0 spiro atoms. The predicted octanol–water partition coefficient (Wildman–Crippen LogP) is 6.85. The zero-order chi connectivity index (χ0) is 37.8. The van der Waals surface area contributed by atoms with Crippen molar-refractivity contribution in [2.24, 2.45) is 0 Å². The molecule has 4 aliphatic rings. The SMILES string of the molecule is C#Cc1c(F)ccc2cc(O)cc(-c3ncc4c(N5CC6CCC(C5)N6C(=O)OCc5ccc(NC)cc5)nc(OCC56CCCN5CCC6)nc4c3F)c12. The van der Waals surface area contributed by atoms with E-state index in [1.807, 2.05) is 36.2 Å². The van der Waals surface area contributed by atoms with Crippen LogP contribution in [0.5, 0.6) is 11.8 Å². The third-order valence-electron chi connectivity index (χ3n) is 12.0. The number of nitrogens with one attached hydrogen (secondary N) is 1. The van der Waals surface area contributed by atoms with Crippen molar-refractivity contribution in [2.75, 3.05) is 50.1 Å². The second-order valence-electron chi connectivity index (χ2n) is 15.1. The van der Waals surface area contributed by atoms with Gasteiger partial charge in [0.15, 0.2) is 5.82 Å². The largest absolute Gasteiger partial charge is 0.508 e. The molecule has 0 aliphatic carbocycles. The number of benzene rings is 3. The van der Waals surface area contributed by atoms with E-state index in [2.05, 4.69) is 31.0 Å². The number of phenols is 1. The Morgan fingerprint density at radius 1 is 1.05 bits per heavy atom. The molecule has 4 saturated heterocycles. The molecule has 5 aromatic rings. The van der Waals surface area contributed by atoms with Gasteiger partial charge in [0.1, 0.15) is 41.8 Å². The van der Waals surface area contributed by atoms with Gasteiger partial charge >= 0.3 is 12.1 Å². The highest BCUT2D eigenvalue weighted by Crippen LogP contribution is 2.42. The summed E-state index contributed by atoms with van der Waals surface area (Å²) in [5.74, 6) is 1.27. The molecule has 2 bridgehead atoms. The summed E-state index contributed by atoms with van der Waals surface area (Å²) in [6.45, 7) is 3.46. The number of pyridine rings is 1. The highest BCUT2D eigenvalue weighted by Gasteiger charge is 2.46. The van der Waals surface area contributed by atoms with Crippen LogP contribution < -0.4 is 15.0 Å². The number of aromatic hydroxyl groups is 1. The van der Waals surface area contributed by atoms with Crippen molar-refractivity contribution in [2.45, 2.75) is 62.8 Å². The van der Waals surface area contributed by atoms with Crippen LogP contribution in [0.25, 0.3) is 32.9 Å². The number of hydrogen-bond acceptors (Lipinski definition) is 10. The molecule has 11 nitrogen and oxygen atoms in total. The number of carbonyl (C=O) groups excluding carboxylic acids is 1. The lowest BCUT2D eigenvalue weighted by Crippen LogP contribution is -2.56. The summed E-state index contributed by atoms with van der Waals surface area (Å²) in [6.07, 6.45) is 12.7. The van der Waals surface area contributed by atoms with Gasteiger partial charge in [0.05, 0.1) is 28.6 Å². The van der Waals surface area contributed by atoms with Crippen LogP contribution in [0.4, 0.5) is 25.1 Å². The molecule has 55 heavy (non-hydrogen) atoms. The summed E-state index contributed by atoms with van der Waals surface area (Å²) in [4.78, 5) is 34.0. The number of amides is 1. The Morgan fingerprint density at radius 3 is 2.51 bits per heavy atom. The number of halogens is 2. The molecule has 9 rings (SSSR count). The maximum Gasteiger partial charge on any atom is 0.410 e. The molecule has 13 heteroatoms. The minimum atomic E-state index is -0.778. The van der Waals surface area contributed by atoms with E-state index in [1.54, 1.807) is 0 Å². The Bertz CT molecular complexity index is 2340. The Labute approximate surface area is 317 Å². The summed E-state index contributed by atoms with van der Waals surface area (Å²) in [5, 5.41) is 14.8. The fourth-order valence-electron chi connectivity index (χ4n) is 9.29. The van der Waals surface area contributed by atoms with Gasteiger partial charge in [0.2, 0.25) is 0 Å². The number of hydrogen-bond donors (Lipinski definition) is 2. The molecular formula is C42H41F2N7O4. The van der Waals surface area contributed by atoms with Crippen molar-refractivity contribution < 1.29 is 28.2 Å². The van der Waals surface area contributed by atoms with E-state index in [0.717, 1.165) is 62.9 Å². The number of ether oxygens (including phenoxy) is 2. The Kier molecular flexibility index (Phi) is 8.80. The highest BCUT2D eigenvalue weighted by molar-refractivity contribution is 6.03. The number of aromatic nitrogens is 3. The number of anilines is 2. The molecule has 2 atom stereocenters. The van der Waals surface area contributed by atoms with Gasteiger partial charge in [-0.05, 0) is 92.9 Å². The van der Waals surface area contributed by atoms with Gasteiger partial charge in [-0.3, -0.25) is 14.8 Å². The van der Waals surface area contributed by atoms with Crippen molar-refractivity contribution in [1.82, 2.24) is 24.8 Å². The van der Waals surface area contributed by atoms with Crippen LogP contribution in [0.2, 0.25) is 0 Å². The number of rotatable bonds is 8. The zero-order valence-corrected chi connectivity index (χ0v) is 30.5. The number of phenolic OH excluding ortho intramolecular Hbond substituents is 1. The molecule has 0 saturated carbocycles. The van der Waals surface area contributed by atoms with E-state index in [4.69, 9.17) is 20.9 Å². The summed E-state index contributed by atoms with van der Waals surface area (Å²) in [7, 11) is 1.85. The van der Waals surface area contributed by atoms with E-state index < -0.39 is 11.6 Å². The summed E-state index contributed by atoms with van der Waals surface area (Å²) >= 11 is 0. The third-order valence-corrected chi connectivity index (χ3v) is 12.0. The fourth-order valence-corrected chi connectivity index (χ4v) is 9.29. The predicted molar refractivity (Wildman–Crippen MR) is 205 cm³/mol. The number of terminal acetylenes is 1. The maximum atomic E-state index is 17.1. The zero-order valence-electron chi connectivity index (χ0n) is 30.5. The smallest absolute Gasteiger partial charge is 0.410 e. The van der Waals surface area contributed by atoms with Crippen molar-refractivity contribution in [3.8, 4) is 35.4 Å². The number of fused-ring (bicyclic) bond motifs is 5. The van der Waals surface area contributed by atoms with Crippen LogP contribution in [0.1, 0.15) is 49.7 Å². The molecule has 0 radical (unpaired) electrons. The molecule has 282 valence electrons. The van der Waals surface area contributed by atoms with Crippen LogP contribution in [-0.4, -0.2) is 93.4 Å². The van der Waals surface area contributed by atoms with Gasteiger partial charge in [-0.25, -0.2) is 13.6 Å². The first-order valence-corrected chi connectivity index (χ1v) is 18.9. The van der Waals surface area contributed by atoms with Gasteiger partial charge in [0.25, 0.3) is 0 Å². The molecule has 2 unspecified atom stereocenters. The molecule has 6 heterocycles. The molecule has 2 N–H and O–H groups in total. The monoisotopic (exact) mass is 745 g/mol. The second-order valence-corrected chi connectivity index (χ2v) is 15.1. The van der Waals surface area contributed by atoms with Crippen LogP contribution in [0.15, 0.2) is 54.7 Å². The Morgan fingerprint density at radius 2 is 1.80 bits per heavy atom. The number of piperazine rings is 1. The van der Waals surface area contributed by atoms with Crippen molar-refractivity contribution >= 4 is 39.3 Å². The van der Waals surface area contributed by atoms with Crippen molar-refractivity contribution in [3.05, 3.63) is 77.5 Å². The molecule has 4 fully saturated rings. The first-order valence-electron chi connectivity index (χ1n) is 18.9. The van der Waals surface area contributed by atoms with E-state index >= 15 is 4.39 Å². The average molecular weight is 746 g/mol. The quantitative estimate of drug-likeness (QED) is 0.164. The molecular weight excluding hydrogens is 705 g/mol. The van der Waals surface area contributed by atoms with Gasteiger partial charge in [-0.2, -0.15) is 9.97 Å². The third kappa shape index (κ3) is 6.09. The van der Waals surface area contributed by atoms with Crippen LogP contribution in [0, 0.1) is 24.0 Å². The standard InChI is InChI=1S/C42H41F2N7O4/c1-3-31-34(43)13-8-26-18-30(52)19-32(35(26)31)37-36(44)38-33(20-46-37)39(48-40(47-38)55-24-42-14-4-16-50(42)17-5-15-42)49-21-28-11-12-29(22-49)51(28)41(53)54-23-25-6-9-27(45-2)10-7-25/h1,6-10,13,18-20,28-29,45,52H,4-5,11-12,14-17,21-24H2,2H3. The Hall–Kier alpha value is -5.74. The molecule has 1 amide bonds. The number of nitrogens with zero attached hydrogens (tertiary/aromatic N) is 6. The van der Waals surface area contributed by atoms with E-state index in [0.29, 0.717) is 36.3 Å². The minimum Gasteiger partial charge on any atom is -0.508 e. The van der Waals surface area contributed by atoms with E-state index in [1.165, 1.54) is 30.5 Å². The van der Waals surface area contributed by atoms with Gasteiger partial charge < -0.3 is 24.8 Å². The van der Waals surface area contributed by atoms with Crippen LogP contribution in [-0.2, 0) is 11.3 Å². The normalized spacial score (nSPS) is 20.2. The fraction of sp³-hybridized carbons (Fsp3) is 0.381. The van der Waals surface area contributed by atoms with Crippen LogP contribution >= 0.6 is 0 Å². The number of carbonyl (C=O) groups is 1. The lowest BCUT2D eigenvalue weighted by Gasteiger charge is -2.41. The lowest BCUT2D eigenvalue weighted by molar-refractivity contribution is 0.0732. The summed E-state index contributed by atoms with van der Waals surface area (Å²) in [5.41, 5.74) is 1.68. The Balaban J connectivity index is 1.07. The summed E-state index contributed by atoms with van der Waals surface area (Å²) < 4.78 is 44.3. The van der Waals surface area contributed by atoms with Gasteiger partial charge in [-0.15, -0.1) is 6.42 Å². The average Bonchev–Trinajstić information content (AvgIpc) is 3.86. The first-order chi connectivity index (χ1) is 26.7. The molecule has 4 aliphatic heterocycles. The summed E-state index contributed by atoms with van der Waals surface area (Å²) in [6, 6.07) is 13.0. The highest BCUT2D eigenvalue weighted by atomic mass is 19.1. The molecule has 3 aromatic carbocycles. The van der Waals surface area contributed by atoms with Crippen LogP contribution in [0.3, 0.4) is 0 Å². The second kappa shape index (κ2) is 13.8. The minimum absolute atomic E-state index is 0.0224. The topological polar surface area (TPSA) is 116 Å². The van der Waals surface area contributed by atoms with E-state index in [-0.39, 0.29) is 69.8 Å². The van der Waals surface area contributed by atoms with Crippen molar-refractivity contribution in [3.63, 3.8) is 0 Å². The first kappa shape index (κ1) is 35.0. The van der Waals surface area contributed by atoms with E-state index in [9.17, 15) is 14.3 Å². The lowest BCUT2D eigenvalue weighted by atomic mass is 9.95. The van der Waals surface area contributed by atoms with Crippen molar-refractivity contribution in [1.29, 1.82) is 0 Å². The maximum absolute atomic E-state index is 17.1. The van der Waals surface area contributed by atoms with Gasteiger partial charge in [0, 0.05) is 43.0 Å².